The van der Waals surface area contributed by atoms with Crippen LogP contribution in [0.15, 0.2) is 67.0 Å². The average Bonchev–Trinajstić information content (AvgIpc) is 3.28. The van der Waals surface area contributed by atoms with E-state index in [4.69, 9.17) is 0 Å². The molecule has 0 aliphatic heterocycles. The van der Waals surface area contributed by atoms with Crippen molar-refractivity contribution in [1.29, 1.82) is 0 Å². The molecule has 2 heterocycles. The zero-order valence-electron chi connectivity index (χ0n) is 19.3. The Bertz CT molecular complexity index is 1260. The monoisotopic (exact) mass is 495 g/mol. The van der Waals surface area contributed by atoms with E-state index in [-0.39, 0.29) is 18.9 Å². The number of aryl methyl sites for hydroxylation is 1. The number of halogens is 2. The minimum atomic E-state index is -0.990. The van der Waals surface area contributed by atoms with Gasteiger partial charge in [0.05, 0.1) is 17.0 Å². The number of thiophene rings is 1. The molecule has 0 radical (unpaired) electrons. The normalized spacial score (nSPS) is 13.0. The van der Waals surface area contributed by atoms with Gasteiger partial charge in [-0.1, -0.05) is 31.2 Å². The van der Waals surface area contributed by atoms with Gasteiger partial charge in [0.15, 0.2) is 0 Å². The molecule has 8 heteroatoms. The second kappa shape index (κ2) is 11.5. The van der Waals surface area contributed by atoms with Crippen LogP contribution in [0.5, 0.6) is 0 Å². The number of carbonyl (C=O) groups is 1. The molecular formula is C27H27F2N3O2S. The number of rotatable bonds is 10. The highest BCUT2D eigenvalue weighted by molar-refractivity contribution is 7.20. The molecule has 0 aliphatic carbocycles. The smallest absolute Gasteiger partial charge is 0.261 e. The van der Waals surface area contributed by atoms with Crippen LogP contribution in [-0.2, 0) is 19.4 Å². The SMILES string of the molecule is CCc1cccc(CNC[C@H](O)[C@H](Cc2cc(F)cc(F)c2)NC(=O)c2cc3cnccc3s2)c1. The van der Waals surface area contributed by atoms with E-state index in [1.807, 2.05) is 18.2 Å². The van der Waals surface area contributed by atoms with Gasteiger partial charge in [0.1, 0.15) is 11.6 Å². The Kier molecular flexibility index (Phi) is 8.17. The van der Waals surface area contributed by atoms with E-state index in [0.29, 0.717) is 17.0 Å². The van der Waals surface area contributed by atoms with E-state index in [9.17, 15) is 18.7 Å². The Morgan fingerprint density at radius 2 is 1.83 bits per heavy atom. The quantitative estimate of drug-likeness (QED) is 0.300. The molecule has 182 valence electrons. The Hall–Kier alpha value is -3.20. The van der Waals surface area contributed by atoms with E-state index < -0.39 is 23.8 Å². The van der Waals surface area contributed by atoms with Crippen molar-refractivity contribution in [2.24, 2.45) is 0 Å². The topological polar surface area (TPSA) is 74.2 Å². The van der Waals surface area contributed by atoms with Gasteiger partial charge in [-0.15, -0.1) is 11.3 Å². The highest BCUT2D eigenvalue weighted by Crippen LogP contribution is 2.24. The summed E-state index contributed by atoms with van der Waals surface area (Å²) in [6.07, 6.45) is 3.36. The first-order valence-electron chi connectivity index (χ1n) is 11.5. The molecule has 0 saturated heterocycles. The second-order valence-corrected chi connectivity index (χ2v) is 9.54. The van der Waals surface area contributed by atoms with Gasteiger partial charge in [-0.25, -0.2) is 8.78 Å². The summed E-state index contributed by atoms with van der Waals surface area (Å²) in [5.41, 5.74) is 2.66. The second-order valence-electron chi connectivity index (χ2n) is 8.46. The summed E-state index contributed by atoms with van der Waals surface area (Å²) in [5.74, 6) is -1.77. The van der Waals surface area contributed by atoms with Crippen molar-refractivity contribution >= 4 is 27.3 Å². The van der Waals surface area contributed by atoms with Gasteiger partial charge >= 0.3 is 0 Å². The highest BCUT2D eigenvalue weighted by Gasteiger charge is 2.24. The highest BCUT2D eigenvalue weighted by atomic mass is 32.1. The molecule has 3 N–H and O–H groups in total. The Labute approximate surface area is 206 Å². The lowest BCUT2D eigenvalue weighted by atomic mass is 10.0. The summed E-state index contributed by atoms with van der Waals surface area (Å²) in [6.45, 7) is 2.82. The first-order chi connectivity index (χ1) is 16.9. The maximum absolute atomic E-state index is 13.8. The van der Waals surface area contributed by atoms with Crippen LogP contribution in [0, 0.1) is 11.6 Å². The third-order valence-electron chi connectivity index (χ3n) is 5.78. The molecule has 5 nitrogen and oxygen atoms in total. The van der Waals surface area contributed by atoms with Crippen LogP contribution in [0.4, 0.5) is 8.78 Å². The van der Waals surface area contributed by atoms with Gasteiger partial charge < -0.3 is 15.7 Å². The molecule has 0 saturated carbocycles. The number of nitrogens with zero attached hydrogens (tertiary/aromatic N) is 1. The first-order valence-corrected chi connectivity index (χ1v) is 12.3. The molecule has 2 aromatic carbocycles. The number of carbonyl (C=O) groups excluding carboxylic acids is 1. The Balaban J connectivity index is 1.47. The van der Waals surface area contributed by atoms with E-state index in [1.54, 1.807) is 18.5 Å². The van der Waals surface area contributed by atoms with Gasteiger partial charge in [-0.05, 0) is 53.8 Å². The maximum Gasteiger partial charge on any atom is 0.261 e. The number of hydrogen-bond donors (Lipinski definition) is 3. The first kappa shape index (κ1) is 24.9. The number of fused-ring (bicyclic) bond motifs is 1. The van der Waals surface area contributed by atoms with Crippen LogP contribution in [0.1, 0.15) is 33.3 Å². The van der Waals surface area contributed by atoms with Crippen LogP contribution >= 0.6 is 11.3 Å². The number of hydrogen-bond acceptors (Lipinski definition) is 5. The standard InChI is InChI=1S/C27H27F2N3O2S/c1-2-17-4-3-5-18(8-17)14-31-16-24(33)23(11-19-9-21(28)13-22(29)10-19)32-27(34)26-12-20-15-30-7-6-25(20)35-26/h3-10,12-13,15,23-24,31,33H,2,11,14,16H2,1H3,(H,32,34)/t23-,24-/m0/s1. The fourth-order valence-corrected chi connectivity index (χ4v) is 4.90. The minimum Gasteiger partial charge on any atom is -0.390 e. The number of aromatic nitrogens is 1. The molecule has 0 fully saturated rings. The Morgan fingerprint density at radius 3 is 2.57 bits per heavy atom. The van der Waals surface area contributed by atoms with Crippen LogP contribution in [0.2, 0.25) is 0 Å². The fraction of sp³-hybridized carbons (Fsp3) is 0.259. The minimum absolute atomic E-state index is 0.0705. The summed E-state index contributed by atoms with van der Waals surface area (Å²) < 4.78 is 28.5. The van der Waals surface area contributed by atoms with Crippen LogP contribution in [0.3, 0.4) is 0 Å². The summed E-state index contributed by atoms with van der Waals surface area (Å²) >= 11 is 1.32. The zero-order chi connectivity index (χ0) is 24.8. The lowest BCUT2D eigenvalue weighted by Crippen LogP contribution is -2.48. The van der Waals surface area contributed by atoms with Crippen molar-refractivity contribution in [3.63, 3.8) is 0 Å². The van der Waals surface area contributed by atoms with Gasteiger partial charge in [0.2, 0.25) is 0 Å². The lowest BCUT2D eigenvalue weighted by molar-refractivity contribution is 0.0833. The number of amides is 1. The molecule has 4 aromatic rings. The third-order valence-corrected chi connectivity index (χ3v) is 6.90. The molecule has 2 atom stereocenters. The summed E-state index contributed by atoms with van der Waals surface area (Å²) in [5, 5.41) is 17.9. The summed E-state index contributed by atoms with van der Waals surface area (Å²) in [6, 6.07) is 14.2. The van der Waals surface area contributed by atoms with Crippen molar-refractivity contribution < 1.29 is 18.7 Å². The molecule has 35 heavy (non-hydrogen) atoms. The van der Waals surface area contributed by atoms with Crippen LogP contribution in [0.25, 0.3) is 10.1 Å². The number of aliphatic hydroxyl groups excluding tert-OH is 1. The van der Waals surface area contributed by atoms with Crippen molar-refractivity contribution in [3.8, 4) is 0 Å². The number of benzene rings is 2. The van der Waals surface area contributed by atoms with Gasteiger partial charge in [0.25, 0.3) is 5.91 Å². The molecule has 0 spiro atoms. The van der Waals surface area contributed by atoms with Crippen molar-refractivity contribution in [2.75, 3.05) is 6.54 Å². The van der Waals surface area contributed by atoms with E-state index >= 15 is 0 Å². The maximum atomic E-state index is 13.8. The van der Waals surface area contributed by atoms with Crippen LogP contribution in [-0.4, -0.2) is 34.7 Å². The zero-order valence-corrected chi connectivity index (χ0v) is 20.1. The van der Waals surface area contributed by atoms with Crippen molar-refractivity contribution in [1.82, 2.24) is 15.6 Å². The number of nitrogens with one attached hydrogen (secondary N) is 2. The lowest BCUT2D eigenvalue weighted by Gasteiger charge is -2.25. The Morgan fingerprint density at radius 1 is 1.06 bits per heavy atom. The molecule has 2 aromatic heterocycles. The van der Waals surface area contributed by atoms with Crippen molar-refractivity contribution in [3.05, 3.63) is 100 Å². The third kappa shape index (κ3) is 6.69. The fourth-order valence-electron chi connectivity index (χ4n) is 3.97. The van der Waals surface area contributed by atoms with Gasteiger partial charge in [0, 0.05) is 41.6 Å². The molecular weight excluding hydrogens is 468 g/mol. The molecule has 0 bridgehead atoms. The number of pyridine rings is 1. The molecule has 4 rings (SSSR count). The molecule has 1 amide bonds. The van der Waals surface area contributed by atoms with Crippen molar-refractivity contribution in [2.45, 2.75) is 38.5 Å². The molecule has 0 aliphatic rings. The van der Waals surface area contributed by atoms with Gasteiger partial charge in [-0.3, -0.25) is 9.78 Å². The average molecular weight is 496 g/mol. The number of aliphatic hydroxyl groups is 1. The largest absolute Gasteiger partial charge is 0.390 e. The van der Waals surface area contributed by atoms with E-state index in [1.165, 1.54) is 29.0 Å². The predicted octanol–water partition coefficient (Wildman–Crippen LogP) is 4.63. The van der Waals surface area contributed by atoms with Gasteiger partial charge in [-0.2, -0.15) is 0 Å². The summed E-state index contributed by atoms with van der Waals surface area (Å²) in [4.78, 5) is 17.6. The summed E-state index contributed by atoms with van der Waals surface area (Å²) in [7, 11) is 0. The predicted molar refractivity (Wildman–Crippen MR) is 134 cm³/mol. The van der Waals surface area contributed by atoms with E-state index in [0.717, 1.165) is 28.1 Å². The molecule has 0 unspecified atom stereocenters. The van der Waals surface area contributed by atoms with E-state index in [2.05, 4.69) is 34.7 Å². The van der Waals surface area contributed by atoms with Crippen LogP contribution < -0.4 is 10.6 Å².